The monoisotopic (exact) mass is 299 g/mol. The van der Waals surface area contributed by atoms with Gasteiger partial charge in [-0.05, 0) is 25.7 Å². The number of ether oxygens (including phenoxy) is 1. The third-order valence-corrected chi connectivity index (χ3v) is 3.98. The van der Waals surface area contributed by atoms with Crippen LogP contribution in [-0.2, 0) is 14.3 Å². The zero-order chi connectivity index (χ0) is 15.7. The van der Waals surface area contributed by atoms with Crippen LogP contribution in [0, 0.1) is 5.41 Å². The smallest absolute Gasteiger partial charge is 0.239 e. The minimum atomic E-state index is -0.557. The summed E-state index contributed by atoms with van der Waals surface area (Å²) in [6.45, 7) is 6.78. The van der Waals surface area contributed by atoms with Crippen LogP contribution in [0.2, 0.25) is 0 Å². The van der Waals surface area contributed by atoms with Gasteiger partial charge in [-0.2, -0.15) is 0 Å². The Morgan fingerprint density at radius 1 is 1.24 bits per heavy atom. The molecule has 0 aromatic rings. The average molecular weight is 299 g/mol. The molecule has 0 spiro atoms. The molecule has 0 aliphatic carbocycles. The molecule has 6 heteroatoms. The number of carbonyl (C=O) groups excluding carboxylic acids is 2. The number of nitrogens with two attached hydrogens (primary N) is 1. The van der Waals surface area contributed by atoms with Crippen molar-refractivity contribution < 1.29 is 14.3 Å². The average Bonchev–Trinajstić information content (AvgIpc) is 2.52. The molecule has 1 aliphatic heterocycles. The van der Waals surface area contributed by atoms with Crippen LogP contribution in [0.5, 0.6) is 0 Å². The summed E-state index contributed by atoms with van der Waals surface area (Å²) in [5.74, 6) is -0.0975. The Balaban J connectivity index is 2.72. The Kier molecular flexibility index (Phi) is 7.67. The van der Waals surface area contributed by atoms with E-state index in [1.54, 1.807) is 4.90 Å². The van der Waals surface area contributed by atoms with Gasteiger partial charge in [0.05, 0.1) is 12.0 Å². The fourth-order valence-electron chi connectivity index (χ4n) is 2.62. The Morgan fingerprint density at radius 3 is 2.43 bits per heavy atom. The van der Waals surface area contributed by atoms with Crippen LogP contribution in [0.3, 0.4) is 0 Å². The van der Waals surface area contributed by atoms with E-state index in [1.165, 1.54) is 0 Å². The highest BCUT2D eigenvalue weighted by Gasteiger charge is 2.41. The van der Waals surface area contributed by atoms with Crippen LogP contribution in [-0.4, -0.2) is 56.1 Å². The lowest BCUT2D eigenvalue weighted by Gasteiger charge is -2.38. The molecule has 2 amide bonds. The topological polar surface area (TPSA) is 84.7 Å². The van der Waals surface area contributed by atoms with Crippen molar-refractivity contribution in [2.75, 3.05) is 39.4 Å². The van der Waals surface area contributed by atoms with E-state index in [2.05, 4.69) is 5.32 Å². The zero-order valence-corrected chi connectivity index (χ0v) is 13.3. The maximum absolute atomic E-state index is 12.9. The highest BCUT2D eigenvalue weighted by atomic mass is 16.5. The van der Waals surface area contributed by atoms with Crippen molar-refractivity contribution in [2.24, 2.45) is 11.1 Å². The van der Waals surface area contributed by atoms with Crippen molar-refractivity contribution >= 4 is 11.8 Å². The first-order valence-electron chi connectivity index (χ1n) is 7.93. The van der Waals surface area contributed by atoms with Gasteiger partial charge >= 0.3 is 0 Å². The Morgan fingerprint density at radius 2 is 1.90 bits per heavy atom. The van der Waals surface area contributed by atoms with Crippen molar-refractivity contribution in [3.8, 4) is 0 Å². The van der Waals surface area contributed by atoms with Gasteiger partial charge in [0.15, 0.2) is 0 Å². The van der Waals surface area contributed by atoms with Gasteiger partial charge in [-0.15, -0.1) is 0 Å². The molecule has 6 nitrogen and oxygen atoms in total. The Bertz CT molecular complexity index is 341. The van der Waals surface area contributed by atoms with E-state index >= 15 is 0 Å². The summed E-state index contributed by atoms with van der Waals surface area (Å²) >= 11 is 0. The Labute approximate surface area is 127 Å². The molecule has 0 unspecified atom stereocenters. The molecule has 1 rings (SSSR count). The van der Waals surface area contributed by atoms with Crippen LogP contribution < -0.4 is 11.1 Å². The maximum atomic E-state index is 12.9. The summed E-state index contributed by atoms with van der Waals surface area (Å²) in [5, 5.41) is 2.82. The number of nitrogens with one attached hydrogen (secondary N) is 1. The molecule has 1 fully saturated rings. The van der Waals surface area contributed by atoms with Crippen molar-refractivity contribution in [2.45, 2.75) is 39.5 Å². The van der Waals surface area contributed by atoms with Crippen LogP contribution >= 0.6 is 0 Å². The lowest BCUT2D eigenvalue weighted by molar-refractivity contribution is -0.149. The molecule has 1 heterocycles. The lowest BCUT2D eigenvalue weighted by Crippen LogP contribution is -2.53. The quantitative estimate of drug-likeness (QED) is 0.684. The molecule has 1 saturated heterocycles. The fourth-order valence-corrected chi connectivity index (χ4v) is 2.62. The molecule has 0 bridgehead atoms. The van der Waals surface area contributed by atoms with E-state index in [0.29, 0.717) is 45.7 Å². The standard InChI is InChI=1S/C15H29N3O3/c1-3-7-17-13(19)11-18(8-4-2)14(20)15(12-16)5-9-21-10-6-15/h3-12,16H2,1-2H3,(H,17,19). The number of amides is 2. The van der Waals surface area contributed by atoms with Crippen LogP contribution in [0.1, 0.15) is 39.5 Å². The number of rotatable bonds is 8. The summed E-state index contributed by atoms with van der Waals surface area (Å²) < 4.78 is 5.35. The van der Waals surface area contributed by atoms with Crippen LogP contribution in [0.25, 0.3) is 0 Å². The second-order valence-corrected chi connectivity index (χ2v) is 5.67. The van der Waals surface area contributed by atoms with E-state index in [9.17, 15) is 9.59 Å². The molecule has 0 saturated carbocycles. The number of nitrogens with zero attached hydrogens (tertiary/aromatic N) is 1. The van der Waals surface area contributed by atoms with E-state index in [4.69, 9.17) is 10.5 Å². The SMILES string of the molecule is CCCNC(=O)CN(CCC)C(=O)C1(CN)CCOCC1. The van der Waals surface area contributed by atoms with Gasteiger partial charge < -0.3 is 20.7 Å². The van der Waals surface area contributed by atoms with Gasteiger partial charge in [0.25, 0.3) is 0 Å². The molecule has 0 radical (unpaired) electrons. The van der Waals surface area contributed by atoms with Gasteiger partial charge in [-0.3, -0.25) is 9.59 Å². The summed E-state index contributed by atoms with van der Waals surface area (Å²) in [6.07, 6.45) is 2.99. The van der Waals surface area contributed by atoms with Gasteiger partial charge in [-0.1, -0.05) is 13.8 Å². The van der Waals surface area contributed by atoms with Crippen molar-refractivity contribution in [1.29, 1.82) is 0 Å². The number of hydrogen-bond acceptors (Lipinski definition) is 4. The van der Waals surface area contributed by atoms with E-state index in [-0.39, 0.29) is 18.4 Å². The van der Waals surface area contributed by atoms with Crippen LogP contribution in [0.4, 0.5) is 0 Å². The van der Waals surface area contributed by atoms with Crippen molar-refractivity contribution in [1.82, 2.24) is 10.2 Å². The predicted octanol–water partition coefficient (Wildman–Crippen LogP) is 0.507. The highest BCUT2D eigenvalue weighted by molar-refractivity contribution is 5.88. The molecule has 3 N–H and O–H groups in total. The first-order valence-corrected chi connectivity index (χ1v) is 7.93. The highest BCUT2D eigenvalue weighted by Crippen LogP contribution is 2.31. The molecule has 21 heavy (non-hydrogen) atoms. The van der Waals surface area contributed by atoms with Gasteiger partial charge in [0.2, 0.25) is 11.8 Å². The second kappa shape index (κ2) is 9.00. The normalized spacial score (nSPS) is 17.3. The van der Waals surface area contributed by atoms with Crippen LogP contribution in [0.15, 0.2) is 0 Å². The fraction of sp³-hybridized carbons (Fsp3) is 0.867. The third kappa shape index (κ3) is 4.97. The van der Waals surface area contributed by atoms with Gasteiger partial charge in [0.1, 0.15) is 0 Å². The van der Waals surface area contributed by atoms with E-state index < -0.39 is 5.41 Å². The third-order valence-electron chi connectivity index (χ3n) is 3.98. The minimum absolute atomic E-state index is 0.00167. The van der Waals surface area contributed by atoms with E-state index in [0.717, 1.165) is 12.8 Å². The molecule has 1 aliphatic rings. The molecular formula is C15H29N3O3. The largest absolute Gasteiger partial charge is 0.381 e. The second-order valence-electron chi connectivity index (χ2n) is 5.67. The predicted molar refractivity (Wildman–Crippen MR) is 81.7 cm³/mol. The van der Waals surface area contributed by atoms with Gasteiger partial charge in [0, 0.05) is 32.8 Å². The maximum Gasteiger partial charge on any atom is 0.239 e. The lowest BCUT2D eigenvalue weighted by atomic mass is 9.79. The summed E-state index contributed by atoms with van der Waals surface area (Å²) in [6, 6.07) is 0. The summed E-state index contributed by atoms with van der Waals surface area (Å²) in [4.78, 5) is 26.4. The first kappa shape index (κ1) is 17.9. The van der Waals surface area contributed by atoms with Gasteiger partial charge in [-0.25, -0.2) is 0 Å². The minimum Gasteiger partial charge on any atom is -0.381 e. The molecule has 0 aromatic carbocycles. The molecular weight excluding hydrogens is 270 g/mol. The number of carbonyl (C=O) groups is 2. The van der Waals surface area contributed by atoms with Crippen molar-refractivity contribution in [3.63, 3.8) is 0 Å². The Hall–Kier alpha value is -1.14. The zero-order valence-electron chi connectivity index (χ0n) is 13.3. The number of hydrogen-bond donors (Lipinski definition) is 2. The van der Waals surface area contributed by atoms with Crippen molar-refractivity contribution in [3.05, 3.63) is 0 Å². The van der Waals surface area contributed by atoms with E-state index in [1.807, 2.05) is 13.8 Å². The molecule has 0 aromatic heterocycles. The summed E-state index contributed by atoms with van der Waals surface area (Å²) in [5.41, 5.74) is 5.32. The first-order chi connectivity index (χ1) is 10.1. The molecule has 0 atom stereocenters. The molecule has 122 valence electrons. The summed E-state index contributed by atoms with van der Waals surface area (Å²) in [7, 11) is 0.